The van der Waals surface area contributed by atoms with Crippen molar-refractivity contribution >= 4 is 23.0 Å². The summed E-state index contributed by atoms with van der Waals surface area (Å²) in [6.45, 7) is 4.43. The highest BCUT2D eigenvalue weighted by molar-refractivity contribution is 5.92. The number of rotatable bonds is 4. The van der Waals surface area contributed by atoms with Gasteiger partial charge in [-0.05, 0) is 96.0 Å². The lowest BCUT2D eigenvalue weighted by molar-refractivity contribution is 0.641. The molecule has 1 fully saturated rings. The first kappa shape index (κ1) is 21.0. The Balaban J connectivity index is 1.45. The first-order chi connectivity index (χ1) is 16.7. The molecule has 0 aromatic heterocycles. The number of hydrogen-bond acceptors (Lipinski definition) is 1. The molecule has 4 aromatic rings. The molecule has 4 aromatic carbocycles. The Hall–Kier alpha value is -3.58. The Kier molecular flexibility index (Phi) is 5.34. The predicted octanol–water partition coefficient (Wildman–Crippen LogP) is 8.68. The monoisotopic (exact) mass is 441 g/mol. The topological polar surface area (TPSA) is 3.24 Å². The number of nitrogens with zero attached hydrogens (tertiary/aromatic N) is 1. The van der Waals surface area contributed by atoms with Crippen molar-refractivity contribution in [2.24, 2.45) is 0 Å². The van der Waals surface area contributed by atoms with Crippen LogP contribution in [0.25, 0.3) is 11.6 Å². The molecule has 6 rings (SSSR count). The summed E-state index contributed by atoms with van der Waals surface area (Å²) in [7, 11) is 0. The normalized spacial score (nSPS) is 18.5. The summed E-state index contributed by atoms with van der Waals surface area (Å²) in [6, 6.07) is 36.2. The summed E-state index contributed by atoms with van der Waals surface area (Å²) in [5, 5.41) is 0. The van der Waals surface area contributed by atoms with E-state index in [1.54, 1.807) is 0 Å². The van der Waals surface area contributed by atoms with Gasteiger partial charge in [0, 0.05) is 23.3 Å². The molecule has 1 saturated carbocycles. The average Bonchev–Trinajstić information content (AvgIpc) is 3.46. The number of aryl methyl sites for hydroxylation is 2. The Morgan fingerprint density at radius 2 is 1.44 bits per heavy atom. The van der Waals surface area contributed by atoms with Gasteiger partial charge in [-0.1, -0.05) is 79.2 Å². The van der Waals surface area contributed by atoms with Crippen LogP contribution in [-0.2, 0) is 0 Å². The van der Waals surface area contributed by atoms with Gasteiger partial charge in [0.25, 0.3) is 0 Å². The third-order valence-corrected chi connectivity index (χ3v) is 7.77. The zero-order valence-electron chi connectivity index (χ0n) is 20.0. The minimum absolute atomic E-state index is 0.582. The number of benzene rings is 4. The van der Waals surface area contributed by atoms with Crippen LogP contribution in [0.4, 0.5) is 11.4 Å². The first-order valence-electron chi connectivity index (χ1n) is 12.5. The van der Waals surface area contributed by atoms with Gasteiger partial charge in [-0.3, -0.25) is 0 Å². The average molecular weight is 442 g/mol. The Labute approximate surface area is 203 Å². The summed E-state index contributed by atoms with van der Waals surface area (Å²) in [4.78, 5) is 2.63. The molecule has 1 nitrogen and oxygen atoms in total. The summed E-state index contributed by atoms with van der Waals surface area (Å²) in [5.41, 5.74) is 12.1. The smallest absolute Gasteiger partial charge is 0.0450 e. The van der Waals surface area contributed by atoms with Gasteiger partial charge in [-0.25, -0.2) is 0 Å². The zero-order chi connectivity index (χ0) is 23.1. The van der Waals surface area contributed by atoms with Gasteiger partial charge in [0.1, 0.15) is 0 Å². The van der Waals surface area contributed by atoms with Crippen molar-refractivity contribution in [1.82, 2.24) is 0 Å². The number of hydrogen-bond donors (Lipinski definition) is 0. The number of anilines is 2. The molecule has 0 bridgehead atoms. The van der Waals surface area contributed by atoms with Crippen LogP contribution in [0.5, 0.6) is 0 Å². The lowest BCUT2D eigenvalue weighted by Crippen LogP contribution is -2.26. The van der Waals surface area contributed by atoms with Crippen molar-refractivity contribution in [3.63, 3.8) is 0 Å². The van der Waals surface area contributed by atoms with Crippen LogP contribution in [-0.4, -0.2) is 6.04 Å². The highest BCUT2D eigenvalue weighted by atomic mass is 15.2. The lowest BCUT2D eigenvalue weighted by atomic mass is 9.93. The van der Waals surface area contributed by atoms with Crippen molar-refractivity contribution in [2.75, 3.05) is 4.90 Å². The van der Waals surface area contributed by atoms with Crippen LogP contribution in [0.1, 0.15) is 58.6 Å². The minimum Gasteiger partial charge on any atom is -0.338 e. The molecule has 1 aliphatic carbocycles. The summed E-state index contributed by atoms with van der Waals surface area (Å²) in [5.74, 6) is 0.627. The first-order valence-corrected chi connectivity index (χ1v) is 12.5. The molecule has 0 N–H and O–H groups in total. The maximum absolute atomic E-state index is 2.63. The maximum Gasteiger partial charge on any atom is 0.0450 e. The van der Waals surface area contributed by atoms with Gasteiger partial charge in [0.15, 0.2) is 0 Å². The van der Waals surface area contributed by atoms with Crippen LogP contribution < -0.4 is 4.90 Å². The van der Waals surface area contributed by atoms with E-state index in [1.165, 1.54) is 69.6 Å². The van der Waals surface area contributed by atoms with Crippen LogP contribution in [0.3, 0.4) is 0 Å². The van der Waals surface area contributed by atoms with E-state index in [-0.39, 0.29) is 0 Å². The molecule has 168 valence electrons. The Bertz CT molecular complexity index is 1310. The highest BCUT2D eigenvalue weighted by Crippen LogP contribution is 2.52. The molecule has 0 radical (unpaired) electrons. The quantitative estimate of drug-likeness (QED) is 0.286. The fourth-order valence-corrected chi connectivity index (χ4v) is 5.91. The number of fused-ring (bicyclic) bond motifs is 3. The Morgan fingerprint density at radius 3 is 2.12 bits per heavy atom. The molecule has 0 amide bonds. The third kappa shape index (κ3) is 3.66. The van der Waals surface area contributed by atoms with Crippen molar-refractivity contribution in [3.05, 3.63) is 130 Å². The van der Waals surface area contributed by atoms with E-state index in [0.29, 0.717) is 12.0 Å². The summed E-state index contributed by atoms with van der Waals surface area (Å²) in [6.07, 6.45) is 6.25. The second kappa shape index (κ2) is 8.65. The Morgan fingerprint density at radius 1 is 0.735 bits per heavy atom. The van der Waals surface area contributed by atoms with Gasteiger partial charge in [-0.2, -0.15) is 0 Å². The highest BCUT2D eigenvalue weighted by Gasteiger charge is 2.42. The predicted molar refractivity (Wildman–Crippen MR) is 145 cm³/mol. The largest absolute Gasteiger partial charge is 0.338 e. The van der Waals surface area contributed by atoms with Crippen molar-refractivity contribution in [1.29, 1.82) is 0 Å². The van der Waals surface area contributed by atoms with E-state index in [9.17, 15) is 0 Å². The third-order valence-electron chi connectivity index (χ3n) is 7.77. The summed E-state index contributed by atoms with van der Waals surface area (Å²) >= 11 is 0. The van der Waals surface area contributed by atoms with Gasteiger partial charge >= 0.3 is 0 Å². The van der Waals surface area contributed by atoms with Crippen LogP contribution in [0.2, 0.25) is 0 Å². The SMILES string of the molecule is Cc1ccc(N2c3ccc(C=C(c4ccccc4)c4ccccc4)cc3C3CCCC32)cc1C. The van der Waals surface area contributed by atoms with Gasteiger partial charge in [0.2, 0.25) is 0 Å². The van der Waals surface area contributed by atoms with E-state index >= 15 is 0 Å². The second-order valence-electron chi connectivity index (χ2n) is 9.85. The summed E-state index contributed by atoms with van der Waals surface area (Å²) < 4.78 is 0. The van der Waals surface area contributed by atoms with Crippen LogP contribution >= 0.6 is 0 Å². The fourth-order valence-electron chi connectivity index (χ4n) is 5.91. The van der Waals surface area contributed by atoms with E-state index in [1.807, 2.05) is 0 Å². The molecular formula is C33H31N. The second-order valence-corrected chi connectivity index (χ2v) is 9.85. The molecule has 0 saturated heterocycles. The molecular weight excluding hydrogens is 410 g/mol. The van der Waals surface area contributed by atoms with Crippen molar-refractivity contribution < 1.29 is 0 Å². The molecule has 2 aliphatic rings. The van der Waals surface area contributed by atoms with E-state index < -0.39 is 0 Å². The standard InChI is InChI=1S/C33H31N/c1-23-16-18-28(20-24(23)2)34-32-15-9-14-29(32)31-22-25(17-19-33(31)34)21-30(26-10-5-3-6-11-26)27-12-7-4-8-13-27/h3-8,10-13,16-22,29,32H,9,14-15H2,1-2H3. The van der Waals surface area contributed by atoms with Gasteiger partial charge < -0.3 is 4.90 Å². The van der Waals surface area contributed by atoms with Crippen LogP contribution in [0.15, 0.2) is 97.1 Å². The maximum atomic E-state index is 2.63. The molecule has 1 heterocycles. The van der Waals surface area contributed by atoms with Crippen molar-refractivity contribution in [3.8, 4) is 0 Å². The van der Waals surface area contributed by atoms with Crippen molar-refractivity contribution in [2.45, 2.75) is 45.1 Å². The minimum atomic E-state index is 0.582. The molecule has 2 unspecified atom stereocenters. The van der Waals surface area contributed by atoms with Gasteiger partial charge in [0.05, 0.1) is 0 Å². The molecule has 0 spiro atoms. The van der Waals surface area contributed by atoms with E-state index in [4.69, 9.17) is 0 Å². The van der Waals surface area contributed by atoms with Crippen LogP contribution in [0, 0.1) is 13.8 Å². The van der Waals surface area contributed by atoms with E-state index in [0.717, 1.165) is 0 Å². The van der Waals surface area contributed by atoms with E-state index in [2.05, 4.69) is 122 Å². The van der Waals surface area contributed by atoms with Gasteiger partial charge in [-0.15, -0.1) is 0 Å². The molecule has 34 heavy (non-hydrogen) atoms. The molecule has 1 aliphatic heterocycles. The molecule has 2 atom stereocenters. The zero-order valence-corrected chi connectivity index (χ0v) is 20.0. The fraction of sp³-hybridized carbons (Fsp3) is 0.212. The lowest BCUT2D eigenvalue weighted by Gasteiger charge is -2.27. The molecule has 1 heteroatoms.